The van der Waals surface area contributed by atoms with E-state index in [-0.39, 0.29) is 41.9 Å². The average molecular weight is 257 g/mol. The first-order valence-corrected chi connectivity index (χ1v) is 5.90. The number of nitrogens with one attached hydrogen (secondary N) is 1. The second-order valence-electron chi connectivity index (χ2n) is 2.88. The maximum atomic E-state index is 11.3. The number of amides is 1. The molecule has 72 valence electrons. The van der Waals surface area contributed by atoms with Gasteiger partial charge < -0.3 is 0 Å². The van der Waals surface area contributed by atoms with Crippen LogP contribution in [0, 0.1) is 13.8 Å². The van der Waals surface area contributed by atoms with Crippen molar-refractivity contribution >= 4 is 65.0 Å². The molecule has 0 fully saturated rings. The second kappa shape index (κ2) is 3.75. The Hall–Kier alpha value is 0.380. The van der Waals surface area contributed by atoms with Crippen molar-refractivity contribution < 1.29 is 13.2 Å². The van der Waals surface area contributed by atoms with Crippen molar-refractivity contribution in [1.82, 2.24) is 4.72 Å². The van der Waals surface area contributed by atoms with Gasteiger partial charge in [-0.3, -0.25) is 4.79 Å². The van der Waals surface area contributed by atoms with E-state index in [1.165, 1.54) is 0 Å². The summed E-state index contributed by atoms with van der Waals surface area (Å²) in [6.45, 7) is 3.56. The van der Waals surface area contributed by atoms with Crippen molar-refractivity contribution in [1.29, 1.82) is 0 Å². The fourth-order valence-electron chi connectivity index (χ4n) is 1.27. The van der Waals surface area contributed by atoms with Gasteiger partial charge in [-0.15, -0.1) is 11.3 Å². The van der Waals surface area contributed by atoms with Gasteiger partial charge in [0.2, 0.25) is 0 Å². The minimum Gasteiger partial charge on any atom is -0.268 e. The maximum Gasteiger partial charge on any atom is 0.274 e. The van der Waals surface area contributed by atoms with Crippen LogP contribution in [0.15, 0.2) is 4.21 Å². The number of hydrogen-bond acceptors (Lipinski definition) is 4. The van der Waals surface area contributed by atoms with E-state index in [1.807, 2.05) is 4.72 Å². The molecule has 0 saturated heterocycles. The van der Waals surface area contributed by atoms with Gasteiger partial charge in [0.1, 0.15) is 0 Å². The van der Waals surface area contributed by atoms with E-state index >= 15 is 0 Å². The molecule has 1 aromatic heterocycles. The molecule has 7 heteroatoms. The Balaban J connectivity index is 0.000000980. The van der Waals surface area contributed by atoms with Gasteiger partial charge in [0, 0.05) is 42.6 Å². The normalized spacial score (nSPS) is 17.1. The number of fused-ring (bicyclic) bond motifs is 1. The van der Waals surface area contributed by atoms with Gasteiger partial charge >= 0.3 is 0 Å². The number of aryl methyl sites for hydroxylation is 1. The van der Waals surface area contributed by atoms with Crippen LogP contribution < -0.4 is 4.72 Å². The van der Waals surface area contributed by atoms with Crippen molar-refractivity contribution in [2.24, 2.45) is 0 Å². The van der Waals surface area contributed by atoms with Crippen molar-refractivity contribution in [3.05, 3.63) is 16.0 Å². The molecule has 2 rings (SSSR count). The summed E-state index contributed by atoms with van der Waals surface area (Å²) in [4.78, 5) is 12.1. The number of carbonyl (C=O) groups excluding carboxylic acids is 1. The monoisotopic (exact) mass is 257 g/mol. The molecule has 1 amide bonds. The van der Waals surface area contributed by atoms with E-state index in [0.717, 1.165) is 21.8 Å². The zero-order chi connectivity index (χ0) is 9.80. The number of sulfonamides is 1. The first kappa shape index (κ1) is 12.4. The summed E-state index contributed by atoms with van der Waals surface area (Å²) < 4.78 is 24.7. The van der Waals surface area contributed by atoms with E-state index in [4.69, 9.17) is 0 Å². The molecule has 0 atom stereocenters. The Labute approximate surface area is 116 Å². The molecule has 0 bridgehead atoms. The molecule has 0 unspecified atom stereocenters. The van der Waals surface area contributed by atoms with Crippen LogP contribution >= 0.6 is 11.3 Å². The zero-order valence-corrected chi connectivity index (χ0v) is 11.6. The van der Waals surface area contributed by atoms with Crippen LogP contribution in [-0.4, -0.2) is 52.1 Å². The SMILES string of the molecule is Cc1sc2c(c1C)C(=O)NS2(=O)=O.[Ca]. The van der Waals surface area contributed by atoms with Crippen molar-refractivity contribution in [2.45, 2.75) is 18.1 Å². The summed E-state index contributed by atoms with van der Waals surface area (Å²) in [5, 5.41) is 0. The summed E-state index contributed by atoms with van der Waals surface area (Å²) >= 11 is 1.14. The van der Waals surface area contributed by atoms with Crippen molar-refractivity contribution in [3.8, 4) is 0 Å². The standard InChI is InChI=1S/C7H7NO3S2.Ca/c1-3-4(2)12-7-5(3)6(9)8-13(7,10)11;/h1-2H3,(H,8,9);. The van der Waals surface area contributed by atoms with Crippen molar-refractivity contribution in [2.75, 3.05) is 0 Å². The molecular weight excluding hydrogens is 250 g/mol. The Morgan fingerprint density at radius 3 is 2.36 bits per heavy atom. The summed E-state index contributed by atoms with van der Waals surface area (Å²) in [6, 6.07) is 0. The number of carbonyl (C=O) groups is 1. The van der Waals surface area contributed by atoms with E-state index in [9.17, 15) is 13.2 Å². The molecule has 1 aliphatic rings. The molecule has 1 aromatic rings. The third-order valence-electron chi connectivity index (χ3n) is 2.05. The van der Waals surface area contributed by atoms with E-state index < -0.39 is 15.9 Å². The minimum atomic E-state index is -3.54. The van der Waals surface area contributed by atoms with Crippen molar-refractivity contribution in [3.63, 3.8) is 0 Å². The molecular formula is C7H7CaNO3S2. The van der Waals surface area contributed by atoms with Crippen LogP contribution in [0.3, 0.4) is 0 Å². The number of rotatable bonds is 0. The van der Waals surface area contributed by atoms with E-state index in [2.05, 4.69) is 0 Å². The van der Waals surface area contributed by atoms with Crippen LogP contribution in [0.1, 0.15) is 20.8 Å². The Bertz CT molecular complexity index is 503. The number of hydrogen-bond donors (Lipinski definition) is 1. The quantitative estimate of drug-likeness (QED) is 0.685. The molecule has 1 N–H and O–H groups in total. The van der Waals surface area contributed by atoms with Crippen LogP contribution in [0.5, 0.6) is 0 Å². The molecule has 0 saturated carbocycles. The molecule has 0 spiro atoms. The molecule has 0 aromatic carbocycles. The largest absolute Gasteiger partial charge is 0.274 e. The Morgan fingerprint density at radius 1 is 1.29 bits per heavy atom. The van der Waals surface area contributed by atoms with Crippen LogP contribution in [0.2, 0.25) is 0 Å². The van der Waals surface area contributed by atoms with Gasteiger partial charge in [-0.25, -0.2) is 13.1 Å². The molecule has 2 heterocycles. The predicted octanol–water partition coefficient (Wildman–Crippen LogP) is 0.416. The fourth-order valence-corrected chi connectivity index (χ4v) is 4.04. The summed E-state index contributed by atoms with van der Waals surface area (Å²) in [7, 11) is -3.54. The first-order chi connectivity index (χ1) is 5.93. The van der Waals surface area contributed by atoms with Crippen LogP contribution in [0.4, 0.5) is 0 Å². The molecule has 0 aliphatic carbocycles. The maximum absolute atomic E-state index is 11.3. The molecule has 14 heavy (non-hydrogen) atoms. The average Bonchev–Trinajstić information content (AvgIpc) is 2.38. The second-order valence-corrected chi connectivity index (χ2v) is 5.98. The first-order valence-electron chi connectivity index (χ1n) is 3.60. The molecule has 4 nitrogen and oxygen atoms in total. The molecule has 1 aliphatic heterocycles. The third-order valence-corrected chi connectivity index (χ3v) is 5.11. The van der Waals surface area contributed by atoms with Gasteiger partial charge in [-0.2, -0.15) is 0 Å². The number of thiophene rings is 1. The minimum absolute atomic E-state index is 0. The van der Waals surface area contributed by atoms with Gasteiger partial charge in [0.25, 0.3) is 15.9 Å². The Kier molecular flexibility index (Phi) is 3.34. The fraction of sp³-hybridized carbons (Fsp3) is 0.286. The summed E-state index contributed by atoms with van der Waals surface area (Å²) in [6.07, 6.45) is 0. The van der Waals surface area contributed by atoms with Gasteiger partial charge in [-0.1, -0.05) is 0 Å². The summed E-state index contributed by atoms with van der Waals surface area (Å²) in [5.74, 6) is -0.503. The topological polar surface area (TPSA) is 63.2 Å². The smallest absolute Gasteiger partial charge is 0.268 e. The van der Waals surface area contributed by atoms with Gasteiger partial charge in [-0.05, 0) is 19.4 Å². The van der Waals surface area contributed by atoms with E-state index in [1.54, 1.807) is 13.8 Å². The Morgan fingerprint density at radius 2 is 1.86 bits per heavy atom. The van der Waals surface area contributed by atoms with Gasteiger partial charge in [0.15, 0.2) is 4.21 Å². The third kappa shape index (κ3) is 1.63. The van der Waals surface area contributed by atoms with E-state index in [0.29, 0.717) is 5.56 Å². The van der Waals surface area contributed by atoms with Crippen LogP contribution in [0.25, 0.3) is 0 Å². The predicted molar refractivity (Wildman–Crippen MR) is 54.2 cm³/mol. The summed E-state index contributed by atoms with van der Waals surface area (Å²) in [5.41, 5.74) is 1.08. The van der Waals surface area contributed by atoms with Gasteiger partial charge in [0.05, 0.1) is 5.56 Å². The van der Waals surface area contributed by atoms with Crippen LogP contribution in [-0.2, 0) is 10.0 Å². The zero-order valence-electron chi connectivity index (χ0n) is 7.75. The molecule has 2 radical (unpaired) electrons.